The number of hydrogen-bond donors (Lipinski definition) is 0. The Labute approximate surface area is 159 Å². The molecule has 0 aromatic carbocycles. The van der Waals surface area contributed by atoms with Gasteiger partial charge >= 0.3 is 0 Å². The summed E-state index contributed by atoms with van der Waals surface area (Å²) in [4.78, 5) is 10.9. The molecule has 2 unspecified atom stereocenters. The zero-order valence-electron chi connectivity index (χ0n) is 16.5. The van der Waals surface area contributed by atoms with E-state index in [0.717, 1.165) is 43.4 Å². The number of hydrogen-bond acceptors (Lipinski definition) is 2. The van der Waals surface area contributed by atoms with Crippen molar-refractivity contribution < 1.29 is 4.92 Å². The largest absolute Gasteiger partial charge is 0.264 e. The second kappa shape index (κ2) is 9.71. The number of allylic oxidation sites excluding steroid dienone is 4. The van der Waals surface area contributed by atoms with Crippen molar-refractivity contribution in [3.63, 3.8) is 0 Å². The van der Waals surface area contributed by atoms with Gasteiger partial charge in [0.15, 0.2) is 0 Å². The molecule has 3 saturated carbocycles. The Morgan fingerprint density at radius 1 is 0.692 bits per heavy atom. The monoisotopic (exact) mass is 359 g/mol. The fourth-order valence-electron chi connectivity index (χ4n) is 5.20. The van der Waals surface area contributed by atoms with Crippen molar-refractivity contribution in [2.45, 2.75) is 90.0 Å². The highest BCUT2D eigenvalue weighted by atomic mass is 16.6. The minimum Gasteiger partial charge on any atom is -0.264 e. The van der Waals surface area contributed by atoms with Gasteiger partial charge in [-0.25, -0.2) is 0 Å². The lowest BCUT2D eigenvalue weighted by Gasteiger charge is -2.27. The predicted molar refractivity (Wildman–Crippen MR) is 108 cm³/mol. The SMILES string of the molecule is CC1CCC(/C=C/C2CCC(/C=C/C3CCCC([N+](=O)[O-])C3)CC2)CC1. The Balaban J connectivity index is 1.37. The third-order valence-electron chi connectivity index (χ3n) is 7.17. The van der Waals surface area contributed by atoms with Crippen LogP contribution in [0.3, 0.4) is 0 Å². The summed E-state index contributed by atoms with van der Waals surface area (Å²) in [6.45, 7) is 2.39. The van der Waals surface area contributed by atoms with Crippen LogP contribution in [-0.2, 0) is 0 Å². The molecule has 3 aliphatic rings. The van der Waals surface area contributed by atoms with Crippen LogP contribution < -0.4 is 0 Å². The average Bonchev–Trinajstić information content (AvgIpc) is 2.67. The minimum absolute atomic E-state index is 0.0650. The van der Waals surface area contributed by atoms with E-state index in [4.69, 9.17) is 0 Å². The maximum atomic E-state index is 11.0. The van der Waals surface area contributed by atoms with Gasteiger partial charge < -0.3 is 0 Å². The van der Waals surface area contributed by atoms with E-state index in [1.54, 1.807) is 0 Å². The van der Waals surface area contributed by atoms with Gasteiger partial charge in [0, 0.05) is 17.8 Å². The minimum atomic E-state index is -0.304. The van der Waals surface area contributed by atoms with Gasteiger partial charge in [-0.2, -0.15) is 0 Å². The molecule has 3 heteroatoms. The molecule has 0 aromatic rings. The van der Waals surface area contributed by atoms with Crippen LogP contribution in [-0.4, -0.2) is 11.0 Å². The smallest absolute Gasteiger partial charge is 0.213 e. The normalized spacial score (nSPS) is 39.4. The van der Waals surface area contributed by atoms with E-state index in [2.05, 4.69) is 31.2 Å². The molecule has 3 aliphatic carbocycles. The van der Waals surface area contributed by atoms with Crippen molar-refractivity contribution in [1.29, 1.82) is 0 Å². The van der Waals surface area contributed by atoms with Crippen LogP contribution in [0.1, 0.15) is 84.0 Å². The summed E-state index contributed by atoms with van der Waals surface area (Å²) in [6, 6.07) is -0.304. The van der Waals surface area contributed by atoms with Gasteiger partial charge in [0.25, 0.3) is 0 Å². The van der Waals surface area contributed by atoms with Crippen LogP contribution in [0.5, 0.6) is 0 Å². The van der Waals surface area contributed by atoms with Crippen molar-refractivity contribution >= 4 is 0 Å². The van der Waals surface area contributed by atoms with Gasteiger partial charge in [-0.3, -0.25) is 10.1 Å². The van der Waals surface area contributed by atoms with Gasteiger partial charge in [0.1, 0.15) is 0 Å². The first-order valence-corrected chi connectivity index (χ1v) is 11.1. The summed E-state index contributed by atoms with van der Waals surface area (Å²) in [7, 11) is 0. The van der Waals surface area contributed by atoms with Crippen LogP contribution in [0.25, 0.3) is 0 Å². The van der Waals surface area contributed by atoms with Gasteiger partial charge in [0.2, 0.25) is 6.04 Å². The van der Waals surface area contributed by atoms with Gasteiger partial charge in [-0.1, -0.05) is 44.1 Å². The fraction of sp³-hybridized carbons (Fsp3) is 0.826. The highest BCUT2D eigenvalue weighted by Gasteiger charge is 2.28. The molecule has 0 N–H and O–H groups in total. The summed E-state index contributed by atoms with van der Waals surface area (Å²) < 4.78 is 0. The van der Waals surface area contributed by atoms with E-state index in [1.807, 2.05) is 0 Å². The molecule has 0 spiro atoms. The van der Waals surface area contributed by atoms with E-state index in [-0.39, 0.29) is 11.0 Å². The van der Waals surface area contributed by atoms with Crippen molar-refractivity contribution in [3.05, 3.63) is 34.4 Å². The van der Waals surface area contributed by atoms with E-state index in [1.165, 1.54) is 51.4 Å². The van der Waals surface area contributed by atoms with E-state index in [9.17, 15) is 10.1 Å². The molecule has 0 heterocycles. The highest BCUT2D eigenvalue weighted by molar-refractivity contribution is 5.00. The molecule has 3 fully saturated rings. The van der Waals surface area contributed by atoms with Gasteiger partial charge in [0.05, 0.1) is 0 Å². The lowest BCUT2D eigenvalue weighted by Crippen LogP contribution is -2.26. The van der Waals surface area contributed by atoms with Gasteiger partial charge in [-0.05, 0) is 81.0 Å². The van der Waals surface area contributed by atoms with Gasteiger partial charge in [-0.15, -0.1) is 0 Å². The topological polar surface area (TPSA) is 43.1 Å². The lowest BCUT2D eigenvalue weighted by atomic mass is 9.78. The third-order valence-corrected chi connectivity index (χ3v) is 7.17. The Kier molecular flexibility index (Phi) is 7.33. The molecule has 0 aliphatic heterocycles. The Hall–Kier alpha value is -1.12. The molecular formula is C23H37NO2. The Morgan fingerprint density at radius 2 is 1.15 bits per heavy atom. The Bertz CT molecular complexity index is 496. The standard InChI is InChI=1S/C23H37NO2/c1-18-5-7-19(8-6-18)9-10-20-11-13-21(14-12-20)15-16-22-3-2-4-23(17-22)24(25)26/h9-10,15-16,18-23H,2-8,11-14,17H2,1H3/b10-9+,16-15+. The predicted octanol–water partition coefficient (Wildman–Crippen LogP) is 6.57. The molecule has 0 amide bonds. The highest BCUT2D eigenvalue weighted by Crippen LogP contribution is 2.34. The summed E-state index contributed by atoms with van der Waals surface area (Å²) in [5, 5.41) is 11.0. The van der Waals surface area contributed by atoms with E-state index >= 15 is 0 Å². The van der Waals surface area contributed by atoms with Crippen LogP contribution in [0.15, 0.2) is 24.3 Å². The number of rotatable bonds is 5. The summed E-state index contributed by atoms with van der Waals surface area (Å²) in [6.07, 6.45) is 24.3. The van der Waals surface area contributed by atoms with Crippen LogP contribution in [0, 0.1) is 39.7 Å². The van der Waals surface area contributed by atoms with Crippen LogP contribution in [0.2, 0.25) is 0 Å². The van der Waals surface area contributed by atoms with Crippen LogP contribution in [0.4, 0.5) is 0 Å². The number of nitro groups is 1. The average molecular weight is 360 g/mol. The molecule has 2 atom stereocenters. The second-order valence-corrected chi connectivity index (χ2v) is 9.33. The zero-order chi connectivity index (χ0) is 18.4. The molecule has 0 radical (unpaired) electrons. The quantitative estimate of drug-likeness (QED) is 0.316. The molecule has 3 rings (SSSR count). The van der Waals surface area contributed by atoms with Crippen molar-refractivity contribution in [2.24, 2.45) is 29.6 Å². The van der Waals surface area contributed by atoms with Crippen molar-refractivity contribution in [2.75, 3.05) is 0 Å². The second-order valence-electron chi connectivity index (χ2n) is 9.33. The zero-order valence-corrected chi connectivity index (χ0v) is 16.5. The lowest BCUT2D eigenvalue weighted by molar-refractivity contribution is -0.527. The molecule has 0 bridgehead atoms. The van der Waals surface area contributed by atoms with Crippen LogP contribution >= 0.6 is 0 Å². The molecule has 146 valence electrons. The maximum Gasteiger partial charge on any atom is 0.213 e. The maximum absolute atomic E-state index is 11.0. The number of nitrogens with zero attached hydrogens (tertiary/aromatic N) is 1. The molecule has 26 heavy (non-hydrogen) atoms. The first-order chi connectivity index (χ1) is 12.6. The summed E-state index contributed by atoms with van der Waals surface area (Å²) >= 11 is 0. The fourth-order valence-corrected chi connectivity index (χ4v) is 5.20. The molecule has 0 aromatic heterocycles. The summed E-state index contributed by atoms with van der Waals surface area (Å²) in [5.41, 5.74) is 0. The van der Waals surface area contributed by atoms with Crippen molar-refractivity contribution in [3.8, 4) is 0 Å². The first-order valence-electron chi connectivity index (χ1n) is 11.1. The Morgan fingerprint density at radius 3 is 1.65 bits per heavy atom. The molecular weight excluding hydrogens is 322 g/mol. The molecule has 3 nitrogen and oxygen atoms in total. The third kappa shape index (κ3) is 5.96. The van der Waals surface area contributed by atoms with Crippen molar-refractivity contribution in [1.82, 2.24) is 0 Å². The van der Waals surface area contributed by atoms with E-state index < -0.39 is 0 Å². The summed E-state index contributed by atoms with van der Waals surface area (Å²) in [5.74, 6) is 3.69. The molecule has 0 saturated heterocycles. The van der Waals surface area contributed by atoms with E-state index in [0.29, 0.717) is 11.8 Å². The first kappa shape index (κ1) is 19.6.